The van der Waals surface area contributed by atoms with E-state index in [0.29, 0.717) is 0 Å². The predicted octanol–water partition coefficient (Wildman–Crippen LogP) is 4.02. The summed E-state index contributed by atoms with van der Waals surface area (Å²) >= 11 is 0. The first-order valence-electron chi connectivity index (χ1n) is 5.85. The monoisotopic (exact) mass is 178 g/mol. The lowest BCUT2D eigenvalue weighted by Gasteiger charge is -2.38. The highest BCUT2D eigenvalue weighted by molar-refractivity contribution is 5.14. The number of hydrogen-bond acceptors (Lipinski definition) is 0. The molecule has 0 aromatic carbocycles. The van der Waals surface area contributed by atoms with Gasteiger partial charge >= 0.3 is 0 Å². The Morgan fingerprint density at radius 1 is 1.08 bits per heavy atom. The minimum atomic E-state index is 0.927. The Bertz CT molecular complexity index is 214. The van der Waals surface area contributed by atoms with Crippen molar-refractivity contribution in [1.29, 1.82) is 0 Å². The molecule has 0 heteroatoms. The third-order valence-corrected chi connectivity index (χ3v) is 4.18. The highest BCUT2D eigenvalue weighted by atomic mass is 14.4. The number of hydrogen-bond donors (Lipinski definition) is 0. The summed E-state index contributed by atoms with van der Waals surface area (Å²) in [5.74, 6) is 3.77. The molecule has 0 N–H and O–H groups in total. The summed E-state index contributed by atoms with van der Waals surface area (Å²) in [6, 6.07) is 0. The van der Waals surface area contributed by atoms with Crippen molar-refractivity contribution in [1.82, 2.24) is 0 Å². The van der Waals surface area contributed by atoms with Gasteiger partial charge in [-0.05, 0) is 49.4 Å². The Labute approximate surface area is 82.4 Å². The van der Waals surface area contributed by atoms with Crippen molar-refractivity contribution < 1.29 is 0 Å². The van der Waals surface area contributed by atoms with E-state index in [4.69, 9.17) is 0 Å². The van der Waals surface area contributed by atoms with E-state index in [1.165, 1.54) is 25.7 Å². The third kappa shape index (κ3) is 1.82. The highest BCUT2D eigenvalue weighted by Gasteiger charge is 2.30. The van der Waals surface area contributed by atoms with Crippen LogP contribution in [0, 0.1) is 23.7 Å². The first-order chi connectivity index (χ1) is 6.16. The van der Waals surface area contributed by atoms with Crippen LogP contribution in [-0.4, -0.2) is 0 Å². The van der Waals surface area contributed by atoms with Gasteiger partial charge in [-0.15, -0.1) is 0 Å². The van der Waals surface area contributed by atoms with Crippen LogP contribution in [0.25, 0.3) is 0 Å². The van der Waals surface area contributed by atoms with Crippen LogP contribution < -0.4 is 0 Å². The maximum absolute atomic E-state index is 2.54. The van der Waals surface area contributed by atoms with Crippen molar-refractivity contribution in [2.45, 2.75) is 46.5 Å². The fourth-order valence-corrected chi connectivity index (χ4v) is 3.00. The molecule has 2 rings (SSSR count). The van der Waals surface area contributed by atoms with Crippen LogP contribution in [0.3, 0.4) is 0 Å². The van der Waals surface area contributed by atoms with E-state index < -0.39 is 0 Å². The summed E-state index contributed by atoms with van der Waals surface area (Å²) in [7, 11) is 0. The molecular weight excluding hydrogens is 156 g/mol. The first kappa shape index (κ1) is 9.30. The van der Waals surface area contributed by atoms with Crippen LogP contribution in [-0.2, 0) is 0 Å². The Hall–Kier alpha value is -0.260. The van der Waals surface area contributed by atoms with Crippen molar-refractivity contribution in [3.05, 3.63) is 11.6 Å². The molecule has 0 saturated heterocycles. The fourth-order valence-electron chi connectivity index (χ4n) is 3.00. The van der Waals surface area contributed by atoms with Crippen LogP contribution in [0.2, 0.25) is 0 Å². The number of rotatable bonds is 0. The van der Waals surface area contributed by atoms with Crippen LogP contribution in [0.4, 0.5) is 0 Å². The lowest BCUT2D eigenvalue weighted by atomic mass is 9.67. The summed E-state index contributed by atoms with van der Waals surface area (Å²) in [5, 5.41) is 0. The van der Waals surface area contributed by atoms with E-state index in [1.54, 1.807) is 5.57 Å². The molecule has 13 heavy (non-hydrogen) atoms. The molecule has 0 amide bonds. The third-order valence-electron chi connectivity index (χ3n) is 4.18. The quantitative estimate of drug-likeness (QED) is 0.491. The lowest BCUT2D eigenvalue weighted by Crippen LogP contribution is -2.26. The Kier molecular flexibility index (Phi) is 2.49. The minimum Gasteiger partial charge on any atom is -0.0848 e. The van der Waals surface area contributed by atoms with E-state index in [-0.39, 0.29) is 0 Å². The zero-order valence-corrected chi connectivity index (χ0v) is 9.22. The minimum absolute atomic E-state index is 0.927. The van der Waals surface area contributed by atoms with Crippen molar-refractivity contribution in [3.63, 3.8) is 0 Å². The van der Waals surface area contributed by atoms with Gasteiger partial charge in [0, 0.05) is 0 Å². The van der Waals surface area contributed by atoms with E-state index >= 15 is 0 Å². The molecule has 0 aromatic rings. The molecule has 2 aliphatic rings. The summed E-state index contributed by atoms with van der Waals surface area (Å²) in [6.45, 7) is 7.25. The average Bonchev–Trinajstić information content (AvgIpc) is 2.08. The van der Waals surface area contributed by atoms with Crippen LogP contribution in [0.1, 0.15) is 46.5 Å². The van der Waals surface area contributed by atoms with Gasteiger partial charge in [0.05, 0.1) is 0 Å². The number of fused-ring (bicyclic) bond motifs is 1. The maximum atomic E-state index is 2.54. The largest absolute Gasteiger partial charge is 0.0848 e. The second-order valence-electron chi connectivity index (χ2n) is 5.45. The molecule has 0 nitrogen and oxygen atoms in total. The second-order valence-corrected chi connectivity index (χ2v) is 5.45. The molecule has 0 radical (unpaired) electrons. The average molecular weight is 178 g/mol. The van der Waals surface area contributed by atoms with Crippen molar-refractivity contribution in [3.8, 4) is 0 Å². The van der Waals surface area contributed by atoms with Gasteiger partial charge in [-0.25, -0.2) is 0 Å². The van der Waals surface area contributed by atoms with Gasteiger partial charge in [-0.2, -0.15) is 0 Å². The fraction of sp³-hybridized carbons (Fsp3) is 0.846. The summed E-state index contributed by atoms with van der Waals surface area (Å²) in [6.07, 6.45) is 8.19. The zero-order chi connectivity index (χ0) is 9.42. The van der Waals surface area contributed by atoms with Crippen LogP contribution in [0.5, 0.6) is 0 Å². The number of allylic oxidation sites excluding steroid dienone is 2. The maximum Gasteiger partial charge on any atom is -0.0198 e. The zero-order valence-electron chi connectivity index (χ0n) is 9.22. The van der Waals surface area contributed by atoms with Gasteiger partial charge < -0.3 is 0 Å². The lowest BCUT2D eigenvalue weighted by molar-refractivity contribution is 0.230. The Morgan fingerprint density at radius 2 is 1.85 bits per heavy atom. The van der Waals surface area contributed by atoms with Crippen LogP contribution >= 0.6 is 0 Å². The van der Waals surface area contributed by atoms with Gasteiger partial charge in [-0.1, -0.05) is 32.4 Å². The Balaban J connectivity index is 2.10. The molecule has 1 saturated carbocycles. The molecule has 2 aliphatic carbocycles. The molecule has 4 unspecified atom stereocenters. The van der Waals surface area contributed by atoms with Crippen molar-refractivity contribution in [2.24, 2.45) is 23.7 Å². The van der Waals surface area contributed by atoms with Crippen LogP contribution in [0.15, 0.2) is 11.6 Å². The molecule has 0 aliphatic heterocycles. The normalized spacial score (nSPS) is 45.3. The molecule has 0 spiro atoms. The smallest absolute Gasteiger partial charge is 0.0198 e. The summed E-state index contributed by atoms with van der Waals surface area (Å²) < 4.78 is 0. The topological polar surface area (TPSA) is 0 Å². The van der Waals surface area contributed by atoms with E-state index in [0.717, 1.165) is 23.7 Å². The van der Waals surface area contributed by atoms with E-state index in [2.05, 4.69) is 26.8 Å². The van der Waals surface area contributed by atoms with E-state index in [1.807, 2.05) is 0 Å². The van der Waals surface area contributed by atoms with E-state index in [9.17, 15) is 0 Å². The SMILES string of the molecule is CC1CC=C2CC(C)C(C)CC2C1. The van der Waals surface area contributed by atoms with Gasteiger partial charge in [0.2, 0.25) is 0 Å². The molecule has 0 heterocycles. The summed E-state index contributed by atoms with van der Waals surface area (Å²) in [5.41, 5.74) is 1.80. The molecule has 1 fully saturated rings. The van der Waals surface area contributed by atoms with Gasteiger partial charge in [-0.3, -0.25) is 0 Å². The molecule has 0 bridgehead atoms. The van der Waals surface area contributed by atoms with Gasteiger partial charge in [0.1, 0.15) is 0 Å². The van der Waals surface area contributed by atoms with Gasteiger partial charge in [0.25, 0.3) is 0 Å². The standard InChI is InChI=1S/C13H22/c1-9-4-5-12-7-10(2)11(3)8-13(12)6-9/h5,9-11,13H,4,6-8H2,1-3H3. The first-order valence-corrected chi connectivity index (χ1v) is 5.85. The second kappa shape index (κ2) is 3.48. The van der Waals surface area contributed by atoms with Crippen molar-refractivity contribution >= 4 is 0 Å². The predicted molar refractivity (Wildman–Crippen MR) is 57.5 cm³/mol. The molecule has 74 valence electrons. The summed E-state index contributed by atoms with van der Waals surface area (Å²) in [4.78, 5) is 0. The molecule has 0 aromatic heterocycles. The highest BCUT2D eigenvalue weighted by Crippen LogP contribution is 2.43. The molecular formula is C13H22. The molecule has 4 atom stereocenters. The van der Waals surface area contributed by atoms with Gasteiger partial charge in [0.15, 0.2) is 0 Å². The van der Waals surface area contributed by atoms with Crippen molar-refractivity contribution in [2.75, 3.05) is 0 Å². The Morgan fingerprint density at radius 3 is 2.62 bits per heavy atom.